The first-order valence-corrected chi connectivity index (χ1v) is 7.55. The number of hydrogen-bond donors (Lipinski definition) is 2. The molecule has 4 bridgehead atoms. The van der Waals surface area contributed by atoms with E-state index in [1.165, 1.54) is 38.5 Å². The van der Waals surface area contributed by atoms with Crippen LogP contribution in [0.5, 0.6) is 0 Å². The lowest BCUT2D eigenvalue weighted by Crippen LogP contribution is -2.52. The van der Waals surface area contributed by atoms with Crippen LogP contribution < -0.4 is 5.73 Å². The van der Waals surface area contributed by atoms with Gasteiger partial charge in [-0.25, -0.2) is 0 Å². The van der Waals surface area contributed by atoms with Crippen molar-refractivity contribution in [1.82, 2.24) is 0 Å². The molecule has 3 N–H and O–H groups in total. The van der Waals surface area contributed by atoms with Crippen LogP contribution in [0.15, 0.2) is 0 Å². The van der Waals surface area contributed by atoms with Crippen LogP contribution >= 0.6 is 0 Å². The first-order valence-electron chi connectivity index (χ1n) is 7.55. The second-order valence-corrected chi connectivity index (χ2v) is 7.20. The van der Waals surface area contributed by atoms with Gasteiger partial charge in [0, 0.05) is 6.04 Å². The van der Waals surface area contributed by atoms with E-state index in [0.29, 0.717) is 0 Å². The zero-order chi connectivity index (χ0) is 12.0. The Morgan fingerprint density at radius 1 is 1.12 bits per heavy atom. The van der Waals surface area contributed by atoms with Crippen molar-refractivity contribution in [3.63, 3.8) is 0 Å². The minimum atomic E-state index is -0.133. The van der Waals surface area contributed by atoms with E-state index in [1.807, 2.05) is 0 Å². The number of rotatable bonds is 4. The molecule has 4 saturated carbocycles. The van der Waals surface area contributed by atoms with Crippen molar-refractivity contribution in [1.29, 1.82) is 0 Å². The first kappa shape index (κ1) is 12.0. The van der Waals surface area contributed by atoms with Gasteiger partial charge in [-0.2, -0.15) is 0 Å². The molecule has 98 valence electrons. The van der Waals surface area contributed by atoms with Gasteiger partial charge in [0.2, 0.25) is 0 Å². The van der Waals surface area contributed by atoms with Gasteiger partial charge in [-0.1, -0.05) is 6.92 Å². The van der Waals surface area contributed by atoms with Gasteiger partial charge in [0.1, 0.15) is 0 Å². The number of nitrogens with two attached hydrogens (primary N) is 1. The molecule has 17 heavy (non-hydrogen) atoms. The van der Waals surface area contributed by atoms with Crippen LogP contribution in [-0.2, 0) is 0 Å². The second-order valence-electron chi connectivity index (χ2n) is 7.20. The standard InChI is InChI=1S/C15H27NO/c1-2-13(16)6-14(17)15-7-10-3-11(8-15)5-12(4-10)9-15/h10-14,17H,2-9,16H2,1H3. The molecule has 4 rings (SSSR count). The van der Waals surface area contributed by atoms with Gasteiger partial charge in [-0.05, 0) is 74.5 Å². The van der Waals surface area contributed by atoms with Gasteiger partial charge >= 0.3 is 0 Å². The van der Waals surface area contributed by atoms with Crippen LogP contribution in [0.2, 0.25) is 0 Å². The molecule has 2 atom stereocenters. The van der Waals surface area contributed by atoms with E-state index in [4.69, 9.17) is 5.73 Å². The summed E-state index contributed by atoms with van der Waals surface area (Å²) in [5.41, 5.74) is 6.30. The first-order chi connectivity index (χ1) is 8.11. The predicted octanol–water partition coefficient (Wildman–Crippen LogP) is 2.69. The normalized spacial score (nSPS) is 47.1. The third kappa shape index (κ3) is 2.04. The Hall–Kier alpha value is -0.0800. The van der Waals surface area contributed by atoms with Gasteiger partial charge in [0.15, 0.2) is 0 Å². The topological polar surface area (TPSA) is 46.2 Å². The molecule has 0 aromatic carbocycles. The number of hydrogen-bond acceptors (Lipinski definition) is 2. The molecule has 4 aliphatic rings. The number of aliphatic hydroxyl groups is 1. The molecule has 0 radical (unpaired) electrons. The maximum Gasteiger partial charge on any atom is 0.0611 e. The average Bonchev–Trinajstić information content (AvgIpc) is 2.26. The summed E-state index contributed by atoms with van der Waals surface area (Å²) in [6.07, 6.45) is 9.89. The molecule has 0 spiro atoms. The highest BCUT2D eigenvalue weighted by Gasteiger charge is 2.53. The van der Waals surface area contributed by atoms with Crippen LogP contribution in [0.1, 0.15) is 58.3 Å². The Morgan fingerprint density at radius 3 is 2.00 bits per heavy atom. The molecule has 0 amide bonds. The molecule has 2 heteroatoms. The van der Waals surface area contributed by atoms with Crippen molar-refractivity contribution >= 4 is 0 Å². The maximum absolute atomic E-state index is 10.6. The Kier molecular flexibility index (Phi) is 2.99. The van der Waals surface area contributed by atoms with Gasteiger partial charge in [0.25, 0.3) is 0 Å². The Balaban J connectivity index is 1.73. The highest BCUT2D eigenvalue weighted by molar-refractivity contribution is 5.04. The van der Waals surface area contributed by atoms with Crippen molar-refractivity contribution in [2.24, 2.45) is 28.9 Å². The van der Waals surface area contributed by atoms with Gasteiger partial charge in [-0.15, -0.1) is 0 Å². The van der Waals surface area contributed by atoms with E-state index in [2.05, 4.69) is 6.92 Å². The quantitative estimate of drug-likeness (QED) is 0.789. The molecular weight excluding hydrogens is 210 g/mol. The molecule has 0 aromatic rings. The van der Waals surface area contributed by atoms with Crippen molar-refractivity contribution in [2.45, 2.75) is 70.4 Å². The molecule has 0 aliphatic heterocycles. The van der Waals surface area contributed by atoms with E-state index in [-0.39, 0.29) is 17.6 Å². The Labute approximate surface area is 105 Å². The van der Waals surface area contributed by atoms with Crippen LogP contribution in [0.25, 0.3) is 0 Å². The van der Waals surface area contributed by atoms with Crippen molar-refractivity contribution in [3.05, 3.63) is 0 Å². The summed E-state index contributed by atoms with van der Waals surface area (Å²) < 4.78 is 0. The minimum Gasteiger partial charge on any atom is -0.392 e. The predicted molar refractivity (Wildman–Crippen MR) is 69.5 cm³/mol. The SMILES string of the molecule is CCC(N)CC(O)C12CC3CC(CC(C3)C1)C2. The van der Waals surface area contributed by atoms with Gasteiger partial charge in [-0.3, -0.25) is 0 Å². The molecule has 0 heterocycles. The van der Waals surface area contributed by atoms with E-state index in [0.717, 1.165) is 30.6 Å². The van der Waals surface area contributed by atoms with Crippen molar-refractivity contribution in [3.8, 4) is 0 Å². The van der Waals surface area contributed by atoms with E-state index >= 15 is 0 Å². The second kappa shape index (κ2) is 4.24. The van der Waals surface area contributed by atoms with Gasteiger partial charge in [0.05, 0.1) is 6.10 Å². The summed E-state index contributed by atoms with van der Waals surface area (Å²) in [6.45, 7) is 2.12. The molecule has 4 aliphatic carbocycles. The monoisotopic (exact) mass is 237 g/mol. The summed E-state index contributed by atoms with van der Waals surface area (Å²) in [6, 6.07) is 0.193. The smallest absolute Gasteiger partial charge is 0.0611 e. The maximum atomic E-state index is 10.6. The lowest BCUT2D eigenvalue weighted by molar-refractivity contribution is -0.123. The van der Waals surface area contributed by atoms with Crippen LogP contribution in [0.4, 0.5) is 0 Å². The van der Waals surface area contributed by atoms with E-state index < -0.39 is 0 Å². The van der Waals surface area contributed by atoms with Crippen LogP contribution in [0.3, 0.4) is 0 Å². The molecule has 4 fully saturated rings. The summed E-state index contributed by atoms with van der Waals surface area (Å²) in [4.78, 5) is 0. The zero-order valence-corrected chi connectivity index (χ0v) is 11.1. The molecule has 0 saturated heterocycles. The molecule has 0 aromatic heterocycles. The Morgan fingerprint density at radius 2 is 1.59 bits per heavy atom. The summed E-state index contributed by atoms with van der Waals surface area (Å²) in [5.74, 6) is 2.77. The third-order valence-electron chi connectivity index (χ3n) is 5.84. The lowest BCUT2D eigenvalue weighted by Gasteiger charge is -2.58. The van der Waals surface area contributed by atoms with E-state index in [9.17, 15) is 5.11 Å². The summed E-state index contributed by atoms with van der Waals surface area (Å²) >= 11 is 0. The molecule has 2 unspecified atom stereocenters. The summed E-state index contributed by atoms with van der Waals surface area (Å²) in [5, 5.41) is 10.6. The van der Waals surface area contributed by atoms with Crippen LogP contribution in [-0.4, -0.2) is 17.3 Å². The van der Waals surface area contributed by atoms with Crippen LogP contribution in [0, 0.1) is 23.2 Å². The van der Waals surface area contributed by atoms with E-state index in [1.54, 1.807) is 0 Å². The molecule has 2 nitrogen and oxygen atoms in total. The summed E-state index contributed by atoms with van der Waals surface area (Å²) in [7, 11) is 0. The zero-order valence-electron chi connectivity index (χ0n) is 11.1. The number of aliphatic hydroxyl groups excluding tert-OH is 1. The van der Waals surface area contributed by atoms with Gasteiger partial charge < -0.3 is 10.8 Å². The van der Waals surface area contributed by atoms with Crippen molar-refractivity contribution < 1.29 is 5.11 Å². The molecular formula is C15H27NO. The minimum absolute atomic E-state index is 0.133. The Bertz CT molecular complexity index is 253. The fourth-order valence-electron chi connectivity index (χ4n) is 5.29. The highest BCUT2D eigenvalue weighted by Crippen LogP contribution is 2.61. The third-order valence-corrected chi connectivity index (χ3v) is 5.84. The largest absolute Gasteiger partial charge is 0.392 e. The lowest BCUT2D eigenvalue weighted by atomic mass is 9.48. The highest BCUT2D eigenvalue weighted by atomic mass is 16.3. The average molecular weight is 237 g/mol. The fraction of sp³-hybridized carbons (Fsp3) is 1.00. The van der Waals surface area contributed by atoms with Crippen molar-refractivity contribution in [2.75, 3.05) is 0 Å². The fourth-order valence-corrected chi connectivity index (χ4v) is 5.29.